The van der Waals surface area contributed by atoms with Gasteiger partial charge in [0.05, 0.1) is 36.1 Å². The molecular formula is C15H16N4O. The highest BCUT2D eigenvalue weighted by molar-refractivity contribution is 5.59. The summed E-state index contributed by atoms with van der Waals surface area (Å²) in [6.07, 6.45) is 9.05. The number of rotatable bonds is 4. The van der Waals surface area contributed by atoms with Gasteiger partial charge in [-0.25, -0.2) is 4.68 Å². The van der Waals surface area contributed by atoms with Crippen molar-refractivity contribution in [1.29, 1.82) is 0 Å². The van der Waals surface area contributed by atoms with Gasteiger partial charge >= 0.3 is 0 Å². The summed E-state index contributed by atoms with van der Waals surface area (Å²) in [7, 11) is 0. The van der Waals surface area contributed by atoms with Crippen LogP contribution in [-0.2, 0) is 0 Å². The van der Waals surface area contributed by atoms with Crippen molar-refractivity contribution in [2.75, 3.05) is 5.32 Å². The number of aryl methyl sites for hydroxylation is 1. The van der Waals surface area contributed by atoms with Crippen LogP contribution >= 0.6 is 0 Å². The van der Waals surface area contributed by atoms with E-state index >= 15 is 0 Å². The van der Waals surface area contributed by atoms with Gasteiger partial charge in [-0.15, -0.1) is 0 Å². The van der Waals surface area contributed by atoms with Crippen molar-refractivity contribution < 1.29 is 4.42 Å². The van der Waals surface area contributed by atoms with Crippen LogP contribution in [0.1, 0.15) is 24.3 Å². The highest BCUT2D eigenvalue weighted by atomic mass is 16.3. The number of pyridine rings is 1. The summed E-state index contributed by atoms with van der Waals surface area (Å²) in [5.74, 6) is 0.886. The molecule has 0 aliphatic rings. The first-order valence-corrected chi connectivity index (χ1v) is 6.49. The van der Waals surface area contributed by atoms with Gasteiger partial charge in [-0.3, -0.25) is 4.98 Å². The molecule has 0 fully saturated rings. The van der Waals surface area contributed by atoms with Crippen LogP contribution in [-0.4, -0.2) is 14.8 Å². The molecule has 0 bridgehead atoms. The predicted molar refractivity (Wildman–Crippen MR) is 76.8 cm³/mol. The second kappa shape index (κ2) is 5.21. The minimum atomic E-state index is 0.0598. The van der Waals surface area contributed by atoms with Crippen molar-refractivity contribution in [1.82, 2.24) is 14.8 Å². The van der Waals surface area contributed by atoms with E-state index in [0.717, 1.165) is 22.7 Å². The number of anilines is 1. The van der Waals surface area contributed by atoms with Crippen molar-refractivity contribution in [2.45, 2.75) is 19.9 Å². The molecule has 0 amide bonds. The Kier molecular flexibility index (Phi) is 3.25. The molecule has 0 aliphatic carbocycles. The monoisotopic (exact) mass is 268 g/mol. The number of furan rings is 1. The van der Waals surface area contributed by atoms with E-state index in [4.69, 9.17) is 4.42 Å². The molecule has 3 aromatic heterocycles. The zero-order valence-electron chi connectivity index (χ0n) is 11.4. The maximum Gasteiger partial charge on any atom is 0.125 e. The zero-order valence-corrected chi connectivity index (χ0v) is 11.4. The van der Waals surface area contributed by atoms with Gasteiger partial charge in [-0.2, -0.15) is 5.10 Å². The smallest absolute Gasteiger partial charge is 0.125 e. The Hall–Kier alpha value is -2.56. The van der Waals surface area contributed by atoms with Crippen molar-refractivity contribution >= 4 is 5.69 Å². The Morgan fingerprint density at radius 2 is 2.20 bits per heavy atom. The van der Waals surface area contributed by atoms with Gasteiger partial charge in [0.25, 0.3) is 0 Å². The molecule has 0 radical (unpaired) electrons. The number of hydrogen-bond donors (Lipinski definition) is 1. The molecule has 0 saturated heterocycles. The van der Waals surface area contributed by atoms with Crippen LogP contribution in [0.2, 0.25) is 0 Å². The van der Waals surface area contributed by atoms with E-state index in [9.17, 15) is 0 Å². The van der Waals surface area contributed by atoms with Gasteiger partial charge in [-0.05, 0) is 37.6 Å². The maximum atomic E-state index is 5.41. The van der Waals surface area contributed by atoms with E-state index in [2.05, 4.69) is 15.4 Å². The highest BCUT2D eigenvalue weighted by Crippen LogP contribution is 2.24. The Morgan fingerprint density at radius 3 is 2.90 bits per heavy atom. The summed E-state index contributed by atoms with van der Waals surface area (Å²) in [5.41, 5.74) is 3.00. The number of aromatic nitrogens is 3. The van der Waals surface area contributed by atoms with E-state index < -0.39 is 0 Å². The van der Waals surface area contributed by atoms with Crippen molar-refractivity contribution in [3.63, 3.8) is 0 Å². The molecule has 5 nitrogen and oxygen atoms in total. The van der Waals surface area contributed by atoms with Crippen LogP contribution in [0.25, 0.3) is 5.69 Å². The summed E-state index contributed by atoms with van der Waals surface area (Å²) in [6, 6.07) is 5.83. The number of hydrogen-bond acceptors (Lipinski definition) is 4. The standard InChI is InChI=1S/C15H16N4O/c1-11-8-17-19(10-11)14-5-6-16-9-13(14)18-12(2)15-4-3-7-20-15/h3-10,12,18H,1-2H3/t12-/m1/s1. The molecule has 1 N–H and O–H groups in total. The van der Waals surface area contributed by atoms with Crippen LogP contribution in [0.5, 0.6) is 0 Å². The Morgan fingerprint density at radius 1 is 1.30 bits per heavy atom. The second-order valence-corrected chi connectivity index (χ2v) is 4.74. The largest absolute Gasteiger partial charge is 0.467 e. The second-order valence-electron chi connectivity index (χ2n) is 4.74. The molecule has 5 heteroatoms. The Balaban J connectivity index is 1.90. The Labute approximate surface area is 117 Å². The third-order valence-corrected chi connectivity index (χ3v) is 3.10. The molecule has 0 unspecified atom stereocenters. The average molecular weight is 268 g/mol. The van der Waals surface area contributed by atoms with Gasteiger partial charge < -0.3 is 9.73 Å². The first-order valence-electron chi connectivity index (χ1n) is 6.49. The van der Waals surface area contributed by atoms with Crippen LogP contribution in [0, 0.1) is 6.92 Å². The summed E-state index contributed by atoms with van der Waals surface area (Å²) < 4.78 is 7.25. The Bertz CT molecular complexity index is 687. The summed E-state index contributed by atoms with van der Waals surface area (Å²) >= 11 is 0. The van der Waals surface area contributed by atoms with Gasteiger partial charge in [0, 0.05) is 12.4 Å². The molecule has 1 atom stereocenters. The molecule has 3 rings (SSSR count). The lowest BCUT2D eigenvalue weighted by molar-refractivity contribution is 0.490. The first kappa shape index (κ1) is 12.5. The van der Waals surface area contributed by atoms with Crippen LogP contribution in [0.4, 0.5) is 5.69 Å². The summed E-state index contributed by atoms with van der Waals surface area (Å²) in [4.78, 5) is 4.18. The molecule has 0 spiro atoms. The van der Waals surface area contributed by atoms with E-state index in [1.807, 2.05) is 49.1 Å². The molecule has 0 aliphatic heterocycles. The molecule has 3 heterocycles. The SMILES string of the molecule is Cc1cnn(-c2ccncc2N[C@H](C)c2ccco2)c1. The van der Waals surface area contributed by atoms with Crippen LogP contribution in [0.3, 0.4) is 0 Å². The minimum Gasteiger partial charge on any atom is -0.467 e. The van der Waals surface area contributed by atoms with Crippen molar-refractivity contribution in [3.05, 3.63) is 60.6 Å². The molecule has 3 aromatic rings. The van der Waals surface area contributed by atoms with Gasteiger partial charge in [-0.1, -0.05) is 0 Å². The highest BCUT2D eigenvalue weighted by Gasteiger charge is 2.12. The quantitative estimate of drug-likeness (QED) is 0.788. The fraction of sp³-hybridized carbons (Fsp3) is 0.200. The van der Waals surface area contributed by atoms with Crippen LogP contribution < -0.4 is 5.32 Å². The molecule has 102 valence electrons. The topological polar surface area (TPSA) is 55.9 Å². The fourth-order valence-electron chi connectivity index (χ4n) is 2.08. The predicted octanol–water partition coefficient (Wildman–Crippen LogP) is 3.34. The maximum absolute atomic E-state index is 5.41. The van der Waals surface area contributed by atoms with Gasteiger partial charge in [0.2, 0.25) is 0 Å². The van der Waals surface area contributed by atoms with Gasteiger partial charge in [0.15, 0.2) is 0 Å². The number of nitrogens with one attached hydrogen (secondary N) is 1. The lowest BCUT2D eigenvalue weighted by Gasteiger charge is -2.15. The number of nitrogens with zero attached hydrogens (tertiary/aromatic N) is 3. The van der Waals surface area contributed by atoms with E-state index in [0.29, 0.717) is 0 Å². The molecular weight excluding hydrogens is 252 g/mol. The van der Waals surface area contributed by atoms with Crippen LogP contribution in [0.15, 0.2) is 53.7 Å². The lowest BCUT2D eigenvalue weighted by Crippen LogP contribution is -2.09. The normalized spacial score (nSPS) is 12.3. The third kappa shape index (κ3) is 2.42. The zero-order chi connectivity index (χ0) is 13.9. The first-order chi connectivity index (χ1) is 9.74. The molecule has 0 saturated carbocycles. The molecule has 20 heavy (non-hydrogen) atoms. The van der Waals surface area contributed by atoms with E-state index in [-0.39, 0.29) is 6.04 Å². The lowest BCUT2D eigenvalue weighted by atomic mass is 10.2. The summed E-state index contributed by atoms with van der Waals surface area (Å²) in [5, 5.41) is 7.75. The minimum absolute atomic E-state index is 0.0598. The van der Waals surface area contributed by atoms with E-state index in [1.165, 1.54) is 0 Å². The van der Waals surface area contributed by atoms with E-state index in [1.54, 1.807) is 18.7 Å². The third-order valence-electron chi connectivity index (χ3n) is 3.10. The summed E-state index contributed by atoms with van der Waals surface area (Å²) in [6.45, 7) is 4.06. The van der Waals surface area contributed by atoms with Crippen molar-refractivity contribution in [3.8, 4) is 5.69 Å². The fourth-order valence-corrected chi connectivity index (χ4v) is 2.08. The van der Waals surface area contributed by atoms with Gasteiger partial charge in [0.1, 0.15) is 5.76 Å². The average Bonchev–Trinajstić information content (AvgIpc) is 3.10. The van der Waals surface area contributed by atoms with Crippen molar-refractivity contribution in [2.24, 2.45) is 0 Å². The molecule has 0 aromatic carbocycles.